The largest absolute Gasteiger partial charge is 0.436 e. The average Bonchev–Trinajstić information content (AvgIpc) is 3.73. The molecule has 0 amide bonds. The molecule has 0 unspecified atom stereocenters. The quantitative estimate of drug-likeness (QED) is 0.171. The first-order chi connectivity index (χ1) is 28.2. The zero-order valence-electron chi connectivity index (χ0n) is 30.9. The Morgan fingerprint density at radius 1 is 0.333 bits per heavy atom. The Morgan fingerprint density at radius 3 is 1.72 bits per heavy atom. The summed E-state index contributed by atoms with van der Waals surface area (Å²) in [6, 6.07) is 73.0. The second-order valence-electron chi connectivity index (χ2n) is 14.5. The number of nitrogens with zero attached hydrogens (tertiary/aromatic N) is 2. The number of para-hydroxylation sites is 1. The van der Waals surface area contributed by atoms with Crippen molar-refractivity contribution in [2.45, 2.75) is 0 Å². The van der Waals surface area contributed by atoms with Crippen molar-refractivity contribution in [3.05, 3.63) is 206 Å². The van der Waals surface area contributed by atoms with Crippen LogP contribution in [0.5, 0.6) is 0 Å². The van der Waals surface area contributed by atoms with E-state index in [2.05, 4.69) is 176 Å². The number of aromatic nitrogens is 2. The molecule has 0 aliphatic heterocycles. The molecule has 0 aliphatic carbocycles. The summed E-state index contributed by atoms with van der Waals surface area (Å²) in [6.07, 6.45) is 0. The first-order valence-corrected chi connectivity index (χ1v) is 19.3. The smallest absolute Gasteiger partial charge is 0.227 e. The standard InChI is InChI=1S/C54H34N2O/c1-3-15-35(16-4-1)47-33-50(55-49-28-12-11-26-45(47)49)40-22-13-20-38(31-40)43-30-29-36-17-7-8-24-42(36)52(43)41-23-14-21-39(32-41)48-34-51-53(46-27-10-9-25-44(46)48)56-54(57-51)37-18-5-2-6-19-37/h1-34H. The van der Waals surface area contributed by atoms with Gasteiger partial charge in [-0.3, -0.25) is 0 Å². The highest BCUT2D eigenvalue weighted by atomic mass is 16.3. The van der Waals surface area contributed by atoms with E-state index >= 15 is 0 Å². The second kappa shape index (κ2) is 13.6. The maximum atomic E-state index is 6.46. The van der Waals surface area contributed by atoms with Crippen LogP contribution in [0.2, 0.25) is 0 Å². The van der Waals surface area contributed by atoms with Crippen LogP contribution in [0.3, 0.4) is 0 Å². The van der Waals surface area contributed by atoms with Crippen LogP contribution in [-0.2, 0) is 0 Å². The van der Waals surface area contributed by atoms with Gasteiger partial charge in [0.25, 0.3) is 0 Å². The lowest BCUT2D eigenvalue weighted by Crippen LogP contribution is -1.92. The van der Waals surface area contributed by atoms with Crippen LogP contribution in [0.25, 0.3) is 111 Å². The Kier molecular flexibility index (Phi) is 7.82. The van der Waals surface area contributed by atoms with Crippen molar-refractivity contribution in [1.29, 1.82) is 0 Å². The third kappa shape index (κ3) is 5.76. The number of hydrogen-bond acceptors (Lipinski definition) is 3. The molecule has 0 bridgehead atoms. The third-order valence-corrected chi connectivity index (χ3v) is 11.1. The van der Waals surface area contributed by atoms with Crippen molar-refractivity contribution in [1.82, 2.24) is 9.97 Å². The molecule has 0 saturated heterocycles. The van der Waals surface area contributed by atoms with E-state index in [1.165, 1.54) is 33.0 Å². The van der Waals surface area contributed by atoms with Gasteiger partial charge in [0.2, 0.25) is 5.89 Å². The number of oxazole rings is 1. The second-order valence-corrected chi connectivity index (χ2v) is 14.5. The van der Waals surface area contributed by atoms with E-state index < -0.39 is 0 Å². The molecule has 9 aromatic carbocycles. The Balaban J connectivity index is 1.07. The summed E-state index contributed by atoms with van der Waals surface area (Å²) >= 11 is 0. The van der Waals surface area contributed by atoms with Crippen molar-refractivity contribution in [2.75, 3.05) is 0 Å². The van der Waals surface area contributed by atoms with E-state index in [1.54, 1.807) is 0 Å². The highest BCUT2D eigenvalue weighted by Gasteiger charge is 2.18. The zero-order chi connectivity index (χ0) is 37.7. The fourth-order valence-corrected chi connectivity index (χ4v) is 8.39. The van der Waals surface area contributed by atoms with E-state index in [0.29, 0.717) is 5.89 Å². The van der Waals surface area contributed by atoms with Gasteiger partial charge in [-0.2, -0.15) is 0 Å². The minimum atomic E-state index is 0.625. The molecule has 0 N–H and O–H groups in total. The van der Waals surface area contributed by atoms with E-state index in [-0.39, 0.29) is 0 Å². The molecule has 266 valence electrons. The summed E-state index contributed by atoms with van der Waals surface area (Å²) in [5.41, 5.74) is 14.8. The van der Waals surface area contributed by atoms with Crippen molar-refractivity contribution >= 4 is 43.5 Å². The van der Waals surface area contributed by atoms with E-state index in [9.17, 15) is 0 Å². The maximum Gasteiger partial charge on any atom is 0.227 e. The van der Waals surface area contributed by atoms with E-state index in [0.717, 1.165) is 71.8 Å². The normalized spacial score (nSPS) is 11.5. The van der Waals surface area contributed by atoms with Crippen LogP contribution >= 0.6 is 0 Å². The lowest BCUT2D eigenvalue weighted by molar-refractivity contribution is 0.620. The highest BCUT2D eigenvalue weighted by Crippen LogP contribution is 2.43. The average molecular weight is 727 g/mol. The van der Waals surface area contributed by atoms with Crippen LogP contribution < -0.4 is 0 Å². The molecular weight excluding hydrogens is 693 g/mol. The number of hydrogen-bond donors (Lipinski definition) is 0. The van der Waals surface area contributed by atoms with Crippen LogP contribution in [0.1, 0.15) is 0 Å². The number of pyridine rings is 1. The Labute approximate surface area is 330 Å². The molecule has 3 nitrogen and oxygen atoms in total. The minimum absolute atomic E-state index is 0.625. The monoisotopic (exact) mass is 726 g/mol. The number of benzene rings is 9. The van der Waals surface area contributed by atoms with Crippen LogP contribution in [-0.4, -0.2) is 9.97 Å². The molecule has 0 saturated carbocycles. The van der Waals surface area contributed by atoms with Gasteiger partial charge in [0.15, 0.2) is 5.58 Å². The van der Waals surface area contributed by atoms with Crippen molar-refractivity contribution in [3.63, 3.8) is 0 Å². The van der Waals surface area contributed by atoms with Crippen LogP contribution in [0.4, 0.5) is 0 Å². The molecule has 57 heavy (non-hydrogen) atoms. The van der Waals surface area contributed by atoms with Gasteiger partial charge >= 0.3 is 0 Å². The fraction of sp³-hybridized carbons (Fsp3) is 0. The Bertz CT molecular complexity index is 3290. The minimum Gasteiger partial charge on any atom is -0.436 e. The molecule has 2 heterocycles. The molecule has 0 radical (unpaired) electrons. The maximum absolute atomic E-state index is 6.46. The Hall–Kier alpha value is -7.62. The van der Waals surface area contributed by atoms with Crippen molar-refractivity contribution < 1.29 is 4.42 Å². The van der Waals surface area contributed by atoms with Crippen molar-refractivity contribution in [3.8, 4) is 67.2 Å². The van der Waals surface area contributed by atoms with Gasteiger partial charge in [0.1, 0.15) is 5.52 Å². The molecule has 0 fully saturated rings. The van der Waals surface area contributed by atoms with Crippen LogP contribution in [0, 0.1) is 0 Å². The van der Waals surface area contributed by atoms with E-state index in [4.69, 9.17) is 14.4 Å². The van der Waals surface area contributed by atoms with Gasteiger partial charge in [0.05, 0.1) is 11.2 Å². The lowest BCUT2D eigenvalue weighted by Gasteiger charge is -2.17. The summed E-state index contributed by atoms with van der Waals surface area (Å²) in [4.78, 5) is 10.2. The molecule has 2 aromatic heterocycles. The lowest BCUT2D eigenvalue weighted by atomic mass is 9.87. The molecule has 11 aromatic rings. The molecular formula is C54H34N2O. The van der Waals surface area contributed by atoms with E-state index in [1.807, 2.05) is 30.3 Å². The molecule has 0 spiro atoms. The predicted octanol–water partition coefficient (Wildman–Crippen LogP) is 14.7. The number of fused-ring (bicyclic) bond motifs is 5. The fourth-order valence-electron chi connectivity index (χ4n) is 8.39. The third-order valence-electron chi connectivity index (χ3n) is 11.1. The number of rotatable bonds is 6. The summed E-state index contributed by atoms with van der Waals surface area (Å²) in [5, 5.41) is 5.76. The summed E-state index contributed by atoms with van der Waals surface area (Å²) < 4.78 is 6.46. The molecule has 0 atom stereocenters. The van der Waals surface area contributed by atoms with Gasteiger partial charge in [-0.05, 0) is 103 Å². The Morgan fingerprint density at radius 2 is 0.912 bits per heavy atom. The van der Waals surface area contributed by atoms with Gasteiger partial charge in [-0.25, -0.2) is 9.97 Å². The van der Waals surface area contributed by atoms with Gasteiger partial charge in [-0.1, -0.05) is 164 Å². The van der Waals surface area contributed by atoms with Gasteiger partial charge < -0.3 is 4.42 Å². The van der Waals surface area contributed by atoms with Crippen LogP contribution in [0.15, 0.2) is 211 Å². The first-order valence-electron chi connectivity index (χ1n) is 19.3. The molecule has 3 heteroatoms. The molecule has 0 aliphatic rings. The van der Waals surface area contributed by atoms with Gasteiger partial charge in [0, 0.05) is 21.9 Å². The summed E-state index contributed by atoms with van der Waals surface area (Å²) in [7, 11) is 0. The predicted molar refractivity (Wildman–Crippen MR) is 237 cm³/mol. The summed E-state index contributed by atoms with van der Waals surface area (Å²) in [5.74, 6) is 0.625. The first kappa shape index (κ1) is 32.8. The van der Waals surface area contributed by atoms with Crippen molar-refractivity contribution in [2.24, 2.45) is 0 Å². The SMILES string of the molecule is c1ccc(-c2nc3c(cc(-c4cccc(-c5c(-c6cccc(-c7cc(-c8ccccc8)c8ccccc8n7)c6)ccc6ccccc56)c4)c4ccccc43)o2)cc1. The summed E-state index contributed by atoms with van der Waals surface area (Å²) in [6.45, 7) is 0. The highest BCUT2D eigenvalue weighted by molar-refractivity contribution is 6.12. The zero-order valence-corrected chi connectivity index (χ0v) is 30.9. The molecule has 11 rings (SSSR count). The topological polar surface area (TPSA) is 38.9 Å². The van der Waals surface area contributed by atoms with Gasteiger partial charge in [-0.15, -0.1) is 0 Å².